The van der Waals surface area contributed by atoms with Gasteiger partial charge in [-0.3, -0.25) is 9.48 Å². The maximum Gasteiger partial charge on any atom is 0.276 e. The van der Waals surface area contributed by atoms with Gasteiger partial charge in [0.05, 0.1) is 16.4 Å². The molecule has 1 N–H and O–H groups in total. The summed E-state index contributed by atoms with van der Waals surface area (Å²) in [7, 11) is 1.80. The summed E-state index contributed by atoms with van der Waals surface area (Å²) in [6.45, 7) is 1.98. The monoisotopic (exact) mass is 345 g/mol. The number of hydrogen-bond acceptors (Lipinski definition) is 4. The number of benzene rings is 1. The molecule has 0 unspecified atom stereocenters. The number of anilines is 1. The van der Waals surface area contributed by atoms with Crippen LogP contribution < -0.4 is 10.1 Å². The van der Waals surface area contributed by atoms with Crippen LogP contribution in [0.5, 0.6) is 5.75 Å². The molecule has 0 atom stereocenters. The number of amides is 1. The molecule has 0 radical (unpaired) electrons. The van der Waals surface area contributed by atoms with E-state index >= 15 is 0 Å². The van der Waals surface area contributed by atoms with Crippen LogP contribution in [0.2, 0.25) is 5.02 Å². The lowest BCUT2D eigenvalue weighted by molar-refractivity contribution is 0.102. The smallest absolute Gasteiger partial charge is 0.276 e. The minimum absolute atomic E-state index is 0.156. The van der Waals surface area contributed by atoms with Crippen molar-refractivity contribution < 1.29 is 9.53 Å². The highest BCUT2D eigenvalue weighted by molar-refractivity contribution is 6.32. The van der Waals surface area contributed by atoms with Crippen molar-refractivity contribution in [1.82, 2.24) is 19.6 Å². The highest BCUT2D eigenvalue weighted by Crippen LogP contribution is 2.23. The van der Waals surface area contributed by atoms with Gasteiger partial charge in [-0.2, -0.15) is 10.2 Å². The molecule has 2 heterocycles. The van der Waals surface area contributed by atoms with Gasteiger partial charge in [0.15, 0.2) is 12.4 Å². The second kappa shape index (κ2) is 6.76. The first kappa shape index (κ1) is 16.1. The second-order valence-electron chi connectivity index (χ2n) is 5.20. The van der Waals surface area contributed by atoms with Crippen molar-refractivity contribution in [3.05, 3.63) is 59.1 Å². The highest BCUT2D eigenvalue weighted by Gasteiger charge is 2.13. The van der Waals surface area contributed by atoms with Crippen LogP contribution in [0.4, 0.5) is 5.69 Å². The Bertz CT molecular complexity index is 871. The van der Waals surface area contributed by atoms with Crippen LogP contribution in [0.3, 0.4) is 0 Å². The van der Waals surface area contributed by atoms with E-state index in [9.17, 15) is 4.79 Å². The number of aromatic nitrogens is 4. The molecular formula is C16H16ClN5O2. The highest BCUT2D eigenvalue weighted by atomic mass is 35.5. The Morgan fingerprint density at radius 3 is 2.79 bits per heavy atom. The lowest BCUT2D eigenvalue weighted by atomic mass is 10.3. The Morgan fingerprint density at radius 1 is 1.29 bits per heavy atom. The lowest BCUT2D eigenvalue weighted by Gasteiger charge is -2.07. The van der Waals surface area contributed by atoms with Crippen LogP contribution in [0.1, 0.15) is 16.2 Å². The van der Waals surface area contributed by atoms with Gasteiger partial charge < -0.3 is 10.1 Å². The molecule has 0 saturated heterocycles. The normalized spacial score (nSPS) is 10.6. The number of carbonyl (C=O) groups is 1. The number of ether oxygens (including phenoxy) is 1. The molecule has 1 amide bonds. The zero-order chi connectivity index (χ0) is 17.1. The molecule has 0 saturated carbocycles. The number of hydrogen-bond donors (Lipinski definition) is 1. The van der Waals surface area contributed by atoms with E-state index in [0.29, 0.717) is 22.2 Å². The SMILES string of the molecule is Cc1nn(C)cc1NC(=O)c1ccn(COc2ccccc2Cl)n1. The summed E-state index contributed by atoms with van der Waals surface area (Å²) in [5, 5.41) is 11.7. The van der Waals surface area contributed by atoms with Gasteiger partial charge in [0.25, 0.3) is 5.91 Å². The van der Waals surface area contributed by atoms with Gasteiger partial charge in [-0.05, 0) is 25.1 Å². The van der Waals surface area contributed by atoms with Crippen molar-refractivity contribution in [2.75, 3.05) is 5.32 Å². The van der Waals surface area contributed by atoms with E-state index in [0.717, 1.165) is 5.69 Å². The van der Waals surface area contributed by atoms with Crippen LogP contribution in [0.15, 0.2) is 42.7 Å². The number of carbonyl (C=O) groups excluding carboxylic acids is 1. The molecule has 2 aromatic heterocycles. The van der Waals surface area contributed by atoms with Gasteiger partial charge in [-0.1, -0.05) is 23.7 Å². The first-order chi connectivity index (χ1) is 11.5. The fraction of sp³-hybridized carbons (Fsp3) is 0.188. The van der Waals surface area contributed by atoms with Gasteiger partial charge in [0.2, 0.25) is 0 Å². The van der Waals surface area contributed by atoms with Crippen molar-refractivity contribution >= 4 is 23.2 Å². The van der Waals surface area contributed by atoms with Crippen LogP contribution in [0, 0.1) is 6.92 Å². The average Bonchev–Trinajstić information content (AvgIpc) is 3.13. The van der Waals surface area contributed by atoms with Crippen LogP contribution >= 0.6 is 11.6 Å². The predicted molar refractivity (Wildman–Crippen MR) is 90.2 cm³/mol. The van der Waals surface area contributed by atoms with Crippen molar-refractivity contribution in [2.24, 2.45) is 7.05 Å². The summed E-state index contributed by atoms with van der Waals surface area (Å²) in [5.74, 6) is 0.259. The first-order valence-electron chi connectivity index (χ1n) is 7.25. The summed E-state index contributed by atoms with van der Waals surface area (Å²) in [6, 6.07) is 8.79. The van der Waals surface area contributed by atoms with E-state index < -0.39 is 0 Å². The molecule has 0 spiro atoms. The lowest BCUT2D eigenvalue weighted by Crippen LogP contribution is -2.14. The number of rotatable bonds is 5. The van der Waals surface area contributed by atoms with E-state index in [-0.39, 0.29) is 12.6 Å². The van der Waals surface area contributed by atoms with Crippen LogP contribution in [-0.2, 0) is 13.8 Å². The molecule has 7 nitrogen and oxygen atoms in total. The molecule has 8 heteroatoms. The average molecular weight is 346 g/mol. The third-order valence-corrected chi connectivity index (χ3v) is 3.64. The Kier molecular flexibility index (Phi) is 4.52. The third kappa shape index (κ3) is 3.57. The number of nitrogens with one attached hydrogen (secondary N) is 1. The Hall–Kier alpha value is -2.80. The number of aryl methyl sites for hydroxylation is 2. The van der Waals surface area contributed by atoms with E-state index in [1.165, 1.54) is 4.68 Å². The predicted octanol–water partition coefficient (Wildman–Crippen LogP) is 2.87. The molecule has 0 aliphatic carbocycles. The number of halogens is 1. The minimum Gasteiger partial charge on any atom is -0.470 e. The molecule has 0 bridgehead atoms. The molecule has 124 valence electrons. The molecule has 3 aromatic rings. The second-order valence-corrected chi connectivity index (χ2v) is 5.61. The fourth-order valence-corrected chi connectivity index (χ4v) is 2.35. The standard InChI is InChI=1S/C16H16ClN5O2/c1-11-14(9-21(2)19-11)18-16(23)13-7-8-22(20-13)10-24-15-6-4-3-5-12(15)17/h3-9H,10H2,1-2H3,(H,18,23). The summed E-state index contributed by atoms with van der Waals surface area (Å²) >= 11 is 6.03. The quantitative estimate of drug-likeness (QED) is 0.771. The maximum absolute atomic E-state index is 12.2. The van der Waals surface area contributed by atoms with E-state index in [1.54, 1.807) is 42.3 Å². The molecule has 24 heavy (non-hydrogen) atoms. The van der Waals surface area contributed by atoms with Gasteiger partial charge in [-0.15, -0.1) is 0 Å². The largest absolute Gasteiger partial charge is 0.470 e. The van der Waals surface area contributed by atoms with Crippen molar-refractivity contribution in [2.45, 2.75) is 13.7 Å². The molecule has 0 aliphatic rings. The summed E-state index contributed by atoms with van der Waals surface area (Å²) in [5.41, 5.74) is 1.69. The molecule has 0 aliphatic heterocycles. The zero-order valence-electron chi connectivity index (χ0n) is 13.2. The van der Waals surface area contributed by atoms with E-state index in [4.69, 9.17) is 16.3 Å². The summed E-state index contributed by atoms with van der Waals surface area (Å²) in [6.07, 6.45) is 3.41. The van der Waals surface area contributed by atoms with Crippen LogP contribution in [-0.4, -0.2) is 25.5 Å². The molecule has 3 rings (SSSR count). The van der Waals surface area contributed by atoms with E-state index in [1.807, 2.05) is 19.1 Å². The number of para-hydroxylation sites is 1. The summed E-state index contributed by atoms with van der Waals surface area (Å²) in [4.78, 5) is 12.2. The Morgan fingerprint density at radius 2 is 2.08 bits per heavy atom. The number of nitrogens with zero attached hydrogens (tertiary/aromatic N) is 4. The zero-order valence-corrected chi connectivity index (χ0v) is 14.0. The first-order valence-corrected chi connectivity index (χ1v) is 7.63. The van der Waals surface area contributed by atoms with Gasteiger partial charge in [0, 0.05) is 19.4 Å². The molecule has 1 aromatic carbocycles. The van der Waals surface area contributed by atoms with Gasteiger partial charge >= 0.3 is 0 Å². The van der Waals surface area contributed by atoms with Crippen molar-refractivity contribution in [3.8, 4) is 5.75 Å². The van der Waals surface area contributed by atoms with Crippen molar-refractivity contribution in [1.29, 1.82) is 0 Å². The van der Waals surface area contributed by atoms with Gasteiger partial charge in [-0.25, -0.2) is 4.68 Å². The molecular weight excluding hydrogens is 330 g/mol. The Balaban J connectivity index is 1.63. The van der Waals surface area contributed by atoms with Gasteiger partial charge in [0.1, 0.15) is 5.75 Å². The minimum atomic E-state index is -0.303. The Labute approximate surface area is 143 Å². The summed E-state index contributed by atoms with van der Waals surface area (Å²) < 4.78 is 8.74. The van der Waals surface area contributed by atoms with Crippen molar-refractivity contribution in [3.63, 3.8) is 0 Å². The molecule has 0 fully saturated rings. The topological polar surface area (TPSA) is 74.0 Å². The fourth-order valence-electron chi connectivity index (χ4n) is 2.16. The maximum atomic E-state index is 12.2. The van der Waals surface area contributed by atoms with Crippen LogP contribution in [0.25, 0.3) is 0 Å². The third-order valence-electron chi connectivity index (χ3n) is 3.32. The van der Waals surface area contributed by atoms with E-state index in [2.05, 4.69) is 15.5 Å².